The van der Waals surface area contributed by atoms with Gasteiger partial charge in [-0.25, -0.2) is 8.78 Å². The number of hydrogen-bond donors (Lipinski definition) is 1. The van der Waals surface area contributed by atoms with Gasteiger partial charge in [-0.3, -0.25) is 9.59 Å². The van der Waals surface area contributed by atoms with Crippen LogP contribution in [0.4, 0.5) is 20.2 Å². The summed E-state index contributed by atoms with van der Waals surface area (Å²) in [4.78, 5) is 25.8. The Balaban J connectivity index is 1.48. The molecule has 4 nitrogen and oxygen atoms in total. The third-order valence-corrected chi connectivity index (χ3v) is 5.07. The Hall–Kier alpha value is -2.41. The first-order valence-electron chi connectivity index (χ1n) is 8.31. The second-order valence-corrected chi connectivity index (χ2v) is 7.05. The van der Waals surface area contributed by atoms with E-state index < -0.39 is 11.6 Å². The topological polar surface area (TPSA) is 49.4 Å². The van der Waals surface area contributed by atoms with Crippen LogP contribution in [0.15, 0.2) is 47.4 Å². The number of thioether (sulfide) groups is 1. The van der Waals surface area contributed by atoms with Crippen LogP contribution >= 0.6 is 11.8 Å². The van der Waals surface area contributed by atoms with E-state index in [0.29, 0.717) is 22.8 Å². The molecular formula is C19H18F2N2O2S. The second kappa shape index (κ2) is 8.31. The highest BCUT2D eigenvalue weighted by molar-refractivity contribution is 7.99. The van der Waals surface area contributed by atoms with Gasteiger partial charge in [0.15, 0.2) is 0 Å². The molecule has 0 bridgehead atoms. The molecular weight excluding hydrogens is 358 g/mol. The van der Waals surface area contributed by atoms with Crippen molar-refractivity contribution in [2.45, 2.75) is 24.2 Å². The van der Waals surface area contributed by atoms with Gasteiger partial charge in [0, 0.05) is 47.5 Å². The fourth-order valence-corrected chi connectivity index (χ4v) is 3.58. The first kappa shape index (κ1) is 18.4. The molecule has 0 aliphatic carbocycles. The Bertz CT molecular complexity index is 812. The Morgan fingerprint density at radius 3 is 2.58 bits per heavy atom. The largest absolute Gasteiger partial charge is 0.326 e. The molecule has 0 radical (unpaired) electrons. The van der Waals surface area contributed by atoms with Crippen LogP contribution in [0.25, 0.3) is 0 Å². The maximum absolute atomic E-state index is 13.5. The van der Waals surface area contributed by atoms with Gasteiger partial charge in [0.05, 0.1) is 0 Å². The molecule has 0 saturated carbocycles. The van der Waals surface area contributed by atoms with E-state index >= 15 is 0 Å². The molecule has 2 amide bonds. The Morgan fingerprint density at radius 1 is 1.15 bits per heavy atom. The molecule has 0 unspecified atom stereocenters. The molecule has 2 aromatic carbocycles. The van der Waals surface area contributed by atoms with E-state index in [1.165, 1.54) is 23.9 Å². The van der Waals surface area contributed by atoms with Crippen molar-refractivity contribution in [3.63, 3.8) is 0 Å². The minimum Gasteiger partial charge on any atom is -0.326 e. The summed E-state index contributed by atoms with van der Waals surface area (Å²) in [7, 11) is 0. The van der Waals surface area contributed by atoms with Crippen molar-refractivity contribution >= 4 is 35.0 Å². The van der Waals surface area contributed by atoms with Gasteiger partial charge in [0.2, 0.25) is 11.8 Å². The first-order valence-corrected chi connectivity index (χ1v) is 9.29. The highest BCUT2D eigenvalue weighted by atomic mass is 32.2. The zero-order valence-electron chi connectivity index (χ0n) is 14.0. The van der Waals surface area contributed by atoms with Gasteiger partial charge >= 0.3 is 0 Å². The number of rotatable bonds is 6. The summed E-state index contributed by atoms with van der Waals surface area (Å²) in [5.74, 6) is -0.933. The zero-order valence-corrected chi connectivity index (χ0v) is 14.8. The fraction of sp³-hybridized carbons (Fsp3) is 0.263. The van der Waals surface area contributed by atoms with Crippen molar-refractivity contribution in [1.82, 2.24) is 0 Å². The molecule has 3 rings (SSSR count). The van der Waals surface area contributed by atoms with E-state index in [1.807, 2.05) is 12.1 Å². The zero-order chi connectivity index (χ0) is 18.5. The summed E-state index contributed by atoms with van der Waals surface area (Å²) in [6, 6.07) is 10.5. The smallest absolute Gasteiger partial charge is 0.227 e. The molecule has 1 fully saturated rings. The number of hydrogen-bond acceptors (Lipinski definition) is 3. The lowest BCUT2D eigenvalue weighted by Crippen LogP contribution is -2.23. The van der Waals surface area contributed by atoms with Crippen LogP contribution in [0.3, 0.4) is 0 Å². The van der Waals surface area contributed by atoms with E-state index in [0.717, 1.165) is 24.7 Å². The number of anilines is 2. The third kappa shape index (κ3) is 4.60. The summed E-state index contributed by atoms with van der Waals surface area (Å²) >= 11 is 1.17. The predicted octanol–water partition coefficient (Wildman–Crippen LogP) is 4.21. The van der Waals surface area contributed by atoms with Crippen LogP contribution in [0, 0.1) is 11.6 Å². The molecule has 1 heterocycles. The number of amides is 2. The van der Waals surface area contributed by atoms with Crippen molar-refractivity contribution in [3.05, 3.63) is 54.1 Å². The number of benzene rings is 2. The third-order valence-electron chi connectivity index (χ3n) is 4.02. The quantitative estimate of drug-likeness (QED) is 0.769. The van der Waals surface area contributed by atoms with Gasteiger partial charge in [-0.1, -0.05) is 0 Å². The number of halogens is 2. The normalized spacial score (nSPS) is 13.9. The molecule has 0 spiro atoms. The van der Waals surface area contributed by atoms with E-state index in [-0.39, 0.29) is 18.2 Å². The lowest BCUT2D eigenvalue weighted by molar-refractivity contribution is -0.117. The molecule has 1 aliphatic heterocycles. The second-order valence-electron chi connectivity index (χ2n) is 5.92. The summed E-state index contributed by atoms with van der Waals surface area (Å²) in [6.45, 7) is 0.724. The van der Waals surface area contributed by atoms with E-state index in [1.54, 1.807) is 17.0 Å². The van der Waals surface area contributed by atoms with E-state index in [2.05, 4.69) is 5.32 Å². The predicted molar refractivity (Wildman–Crippen MR) is 98.4 cm³/mol. The summed E-state index contributed by atoms with van der Waals surface area (Å²) in [5.41, 5.74) is 1.47. The molecule has 1 N–H and O–H groups in total. The Labute approximate surface area is 154 Å². The molecule has 26 heavy (non-hydrogen) atoms. The standard InChI is InChI=1S/C19H18F2N2O2S/c20-13-3-8-17(16(21)12-13)26-11-9-18(24)22-14-4-6-15(7-5-14)23-10-1-2-19(23)25/h3-8,12H,1-2,9-11H2,(H,22,24). The van der Waals surface area contributed by atoms with Crippen molar-refractivity contribution < 1.29 is 18.4 Å². The number of carbonyl (C=O) groups excluding carboxylic acids is 2. The monoisotopic (exact) mass is 376 g/mol. The molecule has 0 atom stereocenters. The van der Waals surface area contributed by atoms with Crippen LogP contribution in [-0.4, -0.2) is 24.1 Å². The van der Waals surface area contributed by atoms with Gasteiger partial charge < -0.3 is 10.2 Å². The molecule has 1 saturated heterocycles. The number of carbonyl (C=O) groups is 2. The molecule has 1 aliphatic rings. The van der Waals surface area contributed by atoms with Crippen LogP contribution in [-0.2, 0) is 9.59 Å². The van der Waals surface area contributed by atoms with Crippen LogP contribution in [0.1, 0.15) is 19.3 Å². The minimum atomic E-state index is -0.623. The SMILES string of the molecule is O=C(CCSc1ccc(F)cc1F)Nc1ccc(N2CCCC2=O)cc1. The van der Waals surface area contributed by atoms with Crippen molar-refractivity contribution in [2.24, 2.45) is 0 Å². The van der Waals surface area contributed by atoms with Gasteiger partial charge in [-0.2, -0.15) is 0 Å². The number of nitrogens with zero attached hydrogens (tertiary/aromatic N) is 1. The highest BCUT2D eigenvalue weighted by Gasteiger charge is 2.21. The Kier molecular flexibility index (Phi) is 5.88. The average Bonchev–Trinajstić information content (AvgIpc) is 3.03. The van der Waals surface area contributed by atoms with E-state index in [9.17, 15) is 18.4 Å². The fourth-order valence-electron chi connectivity index (χ4n) is 2.72. The summed E-state index contributed by atoms with van der Waals surface area (Å²) in [6.07, 6.45) is 1.64. The van der Waals surface area contributed by atoms with Crippen LogP contribution in [0.2, 0.25) is 0 Å². The van der Waals surface area contributed by atoms with Gasteiger partial charge in [0.25, 0.3) is 0 Å². The lowest BCUT2D eigenvalue weighted by Gasteiger charge is -2.16. The first-order chi connectivity index (χ1) is 12.5. The van der Waals surface area contributed by atoms with Gasteiger partial charge in [-0.15, -0.1) is 11.8 Å². The van der Waals surface area contributed by atoms with Crippen molar-refractivity contribution in [1.29, 1.82) is 0 Å². The summed E-state index contributed by atoms with van der Waals surface area (Å²) < 4.78 is 26.4. The number of nitrogens with one attached hydrogen (secondary N) is 1. The van der Waals surface area contributed by atoms with Crippen LogP contribution in [0.5, 0.6) is 0 Å². The average molecular weight is 376 g/mol. The van der Waals surface area contributed by atoms with Crippen LogP contribution < -0.4 is 10.2 Å². The minimum absolute atomic E-state index is 0.117. The maximum atomic E-state index is 13.5. The van der Waals surface area contributed by atoms with Crippen molar-refractivity contribution in [2.75, 3.05) is 22.5 Å². The molecule has 2 aromatic rings. The molecule has 136 valence electrons. The molecule has 0 aromatic heterocycles. The van der Waals surface area contributed by atoms with Gasteiger partial charge in [0.1, 0.15) is 11.6 Å². The highest BCUT2D eigenvalue weighted by Crippen LogP contribution is 2.24. The lowest BCUT2D eigenvalue weighted by atomic mass is 10.2. The maximum Gasteiger partial charge on any atom is 0.227 e. The molecule has 7 heteroatoms. The van der Waals surface area contributed by atoms with Crippen molar-refractivity contribution in [3.8, 4) is 0 Å². The summed E-state index contributed by atoms with van der Waals surface area (Å²) in [5, 5.41) is 2.77. The van der Waals surface area contributed by atoms with Gasteiger partial charge in [-0.05, 0) is 42.8 Å². The Morgan fingerprint density at radius 2 is 1.92 bits per heavy atom. The van der Waals surface area contributed by atoms with E-state index in [4.69, 9.17) is 0 Å².